The lowest BCUT2D eigenvalue weighted by molar-refractivity contribution is 0.0606. The number of carbonyl (C=O) groups excluding carboxylic acids is 1. The molecule has 0 aliphatic rings. The summed E-state index contributed by atoms with van der Waals surface area (Å²) in [5.74, 6) is -0.293. The molecule has 78 valence electrons. The van der Waals surface area contributed by atoms with Crippen molar-refractivity contribution in [3.8, 4) is 0 Å². The summed E-state index contributed by atoms with van der Waals surface area (Å²) in [5, 5.41) is 9.09. The third-order valence-electron chi connectivity index (χ3n) is 1.86. The van der Waals surface area contributed by atoms with Gasteiger partial charge in [-0.25, -0.2) is 4.79 Å². The fraction of sp³-hybridized carbons (Fsp3) is 0.500. The van der Waals surface area contributed by atoms with Gasteiger partial charge < -0.3 is 9.84 Å². The van der Waals surface area contributed by atoms with E-state index in [4.69, 9.17) is 5.11 Å². The number of carbonyl (C=O) groups is 1. The summed E-state index contributed by atoms with van der Waals surface area (Å²) in [6.45, 7) is 1.76. The van der Waals surface area contributed by atoms with Crippen molar-refractivity contribution < 1.29 is 14.6 Å². The summed E-state index contributed by atoms with van der Waals surface area (Å²) >= 11 is 1.42. The van der Waals surface area contributed by atoms with E-state index in [1.165, 1.54) is 18.4 Å². The first kappa shape index (κ1) is 11.2. The van der Waals surface area contributed by atoms with Crippen LogP contribution in [0.1, 0.15) is 27.9 Å². The number of hydrogen-bond acceptors (Lipinski definition) is 4. The zero-order valence-corrected chi connectivity index (χ0v) is 9.13. The minimum Gasteiger partial charge on any atom is -0.465 e. The van der Waals surface area contributed by atoms with Crippen molar-refractivity contribution >= 4 is 17.3 Å². The highest BCUT2D eigenvalue weighted by molar-refractivity contribution is 7.13. The number of methoxy groups -OCH3 is 1. The van der Waals surface area contributed by atoms with Crippen LogP contribution in [0.15, 0.2) is 12.1 Å². The molecule has 1 N–H and O–H groups in total. The lowest BCUT2D eigenvalue weighted by atomic mass is 10.2. The number of rotatable bonds is 4. The molecule has 0 amide bonds. The molecule has 1 aromatic rings. The number of hydrogen-bond donors (Lipinski definition) is 1. The lowest BCUT2D eigenvalue weighted by Crippen LogP contribution is -2.00. The Morgan fingerprint density at radius 2 is 2.36 bits per heavy atom. The predicted octanol–water partition coefficient (Wildman–Crippen LogP) is 1.85. The second-order valence-corrected chi connectivity index (χ2v) is 4.31. The predicted molar refractivity (Wildman–Crippen MR) is 55.7 cm³/mol. The zero-order valence-electron chi connectivity index (χ0n) is 8.32. The molecule has 0 fully saturated rings. The second kappa shape index (κ2) is 5.12. The van der Waals surface area contributed by atoms with Crippen molar-refractivity contribution in [2.24, 2.45) is 0 Å². The van der Waals surface area contributed by atoms with Crippen LogP contribution >= 0.6 is 11.3 Å². The highest BCUT2D eigenvalue weighted by Crippen LogP contribution is 2.19. The maximum Gasteiger partial charge on any atom is 0.348 e. The number of ether oxygens (including phenoxy) is 1. The second-order valence-electron chi connectivity index (χ2n) is 3.15. The Morgan fingerprint density at radius 3 is 2.93 bits per heavy atom. The van der Waals surface area contributed by atoms with Crippen LogP contribution in [0.5, 0.6) is 0 Å². The minimum atomic E-state index is -0.293. The van der Waals surface area contributed by atoms with Crippen molar-refractivity contribution in [3.63, 3.8) is 0 Å². The summed E-state index contributed by atoms with van der Waals surface area (Å²) < 4.78 is 4.60. The molecule has 0 radical (unpaired) electrons. The van der Waals surface area contributed by atoms with Crippen LogP contribution in [-0.4, -0.2) is 24.3 Å². The Kier molecular flexibility index (Phi) is 4.10. The monoisotopic (exact) mass is 214 g/mol. The van der Waals surface area contributed by atoms with E-state index in [0.29, 0.717) is 4.88 Å². The molecule has 14 heavy (non-hydrogen) atoms. The van der Waals surface area contributed by atoms with Crippen LogP contribution in [0.2, 0.25) is 0 Å². The van der Waals surface area contributed by atoms with E-state index in [-0.39, 0.29) is 12.1 Å². The number of esters is 1. The molecule has 0 aromatic carbocycles. The first-order valence-electron chi connectivity index (χ1n) is 4.48. The Hall–Kier alpha value is -0.870. The van der Waals surface area contributed by atoms with E-state index in [2.05, 4.69) is 4.74 Å². The Morgan fingerprint density at radius 1 is 1.64 bits per heavy atom. The maximum absolute atomic E-state index is 11.1. The topological polar surface area (TPSA) is 46.5 Å². The highest BCUT2D eigenvalue weighted by Gasteiger charge is 2.09. The number of aryl methyl sites for hydroxylation is 1. The van der Waals surface area contributed by atoms with Gasteiger partial charge in [0.05, 0.1) is 13.2 Å². The molecular weight excluding hydrogens is 200 g/mol. The van der Waals surface area contributed by atoms with Gasteiger partial charge in [-0.15, -0.1) is 11.3 Å². The average molecular weight is 214 g/mol. The lowest BCUT2D eigenvalue weighted by Gasteiger charge is -2.00. The van der Waals surface area contributed by atoms with Gasteiger partial charge >= 0.3 is 5.97 Å². The number of aliphatic hydroxyl groups excluding tert-OH is 1. The van der Waals surface area contributed by atoms with Gasteiger partial charge in [-0.2, -0.15) is 0 Å². The summed E-state index contributed by atoms with van der Waals surface area (Å²) in [6, 6.07) is 3.66. The van der Waals surface area contributed by atoms with E-state index >= 15 is 0 Å². The third-order valence-corrected chi connectivity index (χ3v) is 2.98. The van der Waals surface area contributed by atoms with Gasteiger partial charge in [0.1, 0.15) is 4.88 Å². The molecule has 1 rings (SSSR count). The van der Waals surface area contributed by atoms with Crippen molar-refractivity contribution in [3.05, 3.63) is 21.9 Å². The molecule has 0 saturated heterocycles. The van der Waals surface area contributed by atoms with E-state index in [0.717, 1.165) is 17.7 Å². The van der Waals surface area contributed by atoms with Gasteiger partial charge in [0.15, 0.2) is 0 Å². The molecule has 0 unspecified atom stereocenters. The normalized spacial score (nSPS) is 12.5. The van der Waals surface area contributed by atoms with Gasteiger partial charge in [-0.1, -0.05) is 0 Å². The third kappa shape index (κ3) is 3.12. The van der Waals surface area contributed by atoms with E-state index in [1.807, 2.05) is 6.07 Å². The molecule has 0 bridgehead atoms. The fourth-order valence-corrected chi connectivity index (χ4v) is 2.01. The van der Waals surface area contributed by atoms with Crippen molar-refractivity contribution in [2.75, 3.05) is 7.11 Å². The molecular formula is C10H14O3S. The van der Waals surface area contributed by atoms with Gasteiger partial charge in [-0.05, 0) is 31.9 Å². The van der Waals surface area contributed by atoms with Crippen LogP contribution in [0.25, 0.3) is 0 Å². The zero-order chi connectivity index (χ0) is 10.6. The van der Waals surface area contributed by atoms with Crippen LogP contribution in [0.3, 0.4) is 0 Å². The molecule has 1 atom stereocenters. The number of aliphatic hydroxyl groups is 1. The molecule has 1 heterocycles. The Labute approximate surface area is 87.3 Å². The van der Waals surface area contributed by atoms with E-state index in [9.17, 15) is 4.79 Å². The van der Waals surface area contributed by atoms with Gasteiger partial charge in [0.2, 0.25) is 0 Å². The Bertz CT molecular complexity index is 304. The van der Waals surface area contributed by atoms with Crippen LogP contribution in [0.4, 0.5) is 0 Å². The Balaban J connectivity index is 2.55. The molecule has 0 spiro atoms. The summed E-state index contributed by atoms with van der Waals surface area (Å²) in [4.78, 5) is 12.8. The number of thiophene rings is 1. The largest absolute Gasteiger partial charge is 0.465 e. The van der Waals surface area contributed by atoms with Gasteiger partial charge in [-0.3, -0.25) is 0 Å². The molecule has 0 aliphatic heterocycles. The van der Waals surface area contributed by atoms with Crippen LogP contribution in [0, 0.1) is 0 Å². The molecule has 0 saturated carbocycles. The summed E-state index contributed by atoms with van der Waals surface area (Å²) in [5.41, 5.74) is 0. The SMILES string of the molecule is COC(=O)c1ccc(CC[C@H](C)O)s1. The molecule has 3 nitrogen and oxygen atoms in total. The standard InChI is InChI=1S/C10H14O3S/c1-7(11)3-4-8-5-6-9(14-8)10(12)13-2/h5-7,11H,3-4H2,1-2H3/t7-/m0/s1. The summed E-state index contributed by atoms with van der Waals surface area (Å²) in [6.07, 6.45) is 1.24. The van der Waals surface area contributed by atoms with E-state index in [1.54, 1.807) is 13.0 Å². The van der Waals surface area contributed by atoms with Crippen molar-refractivity contribution in [1.29, 1.82) is 0 Å². The van der Waals surface area contributed by atoms with Crippen LogP contribution in [-0.2, 0) is 11.2 Å². The van der Waals surface area contributed by atoms with Gasteiger partial charge in [0.25, 0.3) is 0 Å². The average Bonchev–Trinajstić information content (AvgIpc) is 2.62. The van der Waals surface area contributed by atoms with Gasteiger partial charge in [0, 0.05) is 4.88 Å². The fourth-order valence-electron chi connectivity index (χ4n) is 1.07. The first-order chi connectivity index (χ1) is 6.63. The highest BCUT2D eigenvalue weighted by atomic mass is 32.1. The quantitative estimate of drug-likeness (QED) is 0.778. The molecule has 1 aromatic heterocycles. The van der Waals surface area contributed by atoms with Crippen molar-refractivity contribution in [1.82, 2.24) is 0 Å². The van der Waals surface area contributed by atoms with E-state index < -0.39 is 0 Å². The molecule has 0 aliphatic carbocycles. The maximum atomic E-state index is 11.1. The molecule has 4 heteroatoms. The minimum absolute atomic E-state index is 0.293. The summed E-state index contributed by atoms with van der Waals surface area (Å²) in [7, 11) is 1.37. The van der Waals surface area contributed by atoms with Crippen molar-refractivity contribution in [2.45, 2.75) is 25.9 Å². The van der Waals surface area contributed by atoms with Crippen LogP contribution < -0.4 is 0 Å². The first-order valence-corrected chi connectivity index (χ1v) is 5.30. The smallest absolute Gasteiger partial charge is 0.348 e.